The quantitative estimate of drug-likeness (QED) is 0.909. The van der Waals surface area contributed by atoms with Crippen molar-refractivity contribution in [3.05, 3.63) is 34.6 Å². The number of hydrogen-bond donors (Lipinski definition) is 1. The predicted molar refractivity (Wildman–Crippen MR) is 84.2 cm³/mol. The Kier molecular flexibility index (Phi) is 4.82. The highest BCUT2D eigenvalue weighted by molar-refractivity contribution is 7.91. The summed E-state index contributed by atoms with van der Waals surface area (Å²) in [5, 5.41) is 3.10. The van der Waals surface area contributed by atoms with Gasteiger partial charge in [-0.05, 0) is 24.1 Å². The van der Waals surface area contributed by atoms with Crippen molar-refractivity contribution in [3.8, 4) is 0 Å². The zero-order valence-corrected chi connectivity index (χ0v) is 14.1. The van der Waals surface area contributed by atoms with Crippen molar-refractivity contribution < 1.29 is 17.6 Å². The third-order valence-electron chi connectivity index (χ3n) is 3.97. The van der Waals surface area contributed by atoms with E-state index in [0.717, 1.165) is 5.56 Å². The van der Waals surface area contributed by atoms with E-state index in [9.17, 15) is 17.6 Å². The van der Waals surface area contributed by atoms with Crippen LogP contribution in [0.1, 0.15) is 25.8 Å². The Labute approximate surface area is 135 Å². The second-order valence-corrected chi connectivity index (χ2v) is 8.96. The van der Waals surface area contributed by atoms with Crippen molar-refractivity contribution in [2.24, 2.45) is 5.92 Å². The summed E-state index contributed by atoms with van der Waals surface area (Å²) < 4.78 is 35.9. The van der Waals surface area contributed by atoms with Gasteiger partial charge in [-0.25, -0.2) is 12.8 Å². The van der Waals surface area contributed by atoms with Crippen molar-refractivity contribution in [1.82, 2.24) is 5.32 Å². The van der Waals surface area contributed by atoms with Crippen LogP contribution in [0.25, 0.3) is 0 Å². The molecule has 1 aliphatic rings. The van der Waals surface area contributed by atoms with Gasteiger partial charge in [0.05, 0.1) is 17.4 Å². The Morgan fingerprint density at radius 1 is 1.45 bits per heavy atom. The molecule has 1 heterocycles. The maximum atomic E-state index is 13.1. The summed E-state index contributed by atoms with van der Waals surface area (Å²) in [4.78, 5) is 12.1. The molecule has 7 heteroatoms. The summed E-state index contributed by atoms with van der Waals surface area (Å²) in [7, 11) is -3.08. The molecule has 0 aliphatic carbocycles. The number of nitrogens with one attached hydrogen (secondary N) is 1. The van der Waals surface area contributed by atoms with E-state index < -0.39 is 27.0 Å². The molecule has 2 rings (SSSR count). The molecule has 1 fully saturated rings. The second-order valence-electron chi connectivity index (χ2n) is 6.33. The minimum atomic E-state index is -3.08. The first-order chi connectivity index (χ1) is 10.1. The van der Waals surface area contributed by atoms with Gasteiger partial charge in [0.2, 0.25) is 5.91 Å². The van der Waals surface area contributed by atoms with Gasteiger partial charge >= 0.3 is 0 Å². The van der Waals surface area contributed by atoms with E-state index in [4.69, 9.17) is 11.6 Å². The number of amides is 1. The summed E-state index contributed by atoms with van der Waals surface area (Å²) in [5.41, 5.74) is 0.243. The van der Waals surface area contributed by atoms with E-state index in [0.29, 0.717) is 18.0 Å². The van der Waals surface area contributed by atoms with Crippen LogP contribution in [0.3, 0.4) is 0 Å². The first-order valence-corrected chi connectivity index (χ1v) is 9.24. The lowest BCUT2D eigenvalue weighted by Crippen LogP contribution is -2.40. The summed E-state index contributed by atoms with van der Waals surface area (Å²) in [5.74, 6) is -1.17. The van der Waals surface area contributed by atoms with Gasteiger partial charge in [-0.1, -0.05) is 31.5 Å². The zero-order valence-electron chi connectivity index (χ0n) is 12.5. The SMILES string of the molecule is CC(C)(CNC(=O)C1CCS(=O)(=O)C1)c1ccc(F)cc1Cl. The minimum absolute atomic E-state index is 0.0677. The Morgan fingerprint density at radius 3 is 2.68 bits per heavy atom. The van der Waals surface area contributed by atoms with Gasteiger partial charge in [-0.2, -0.15) is 0 Å². The van der Waals surface area contributed by atoms with Crippen LogP contribution in [0.15, 0.2) is 18.2 Å². The van der Waals surface area contributed by atoms with Crippen molar-refractivity contribution in [2.75, 3.05) is 18.1 Å². The number of rotatable bonds is 4. The van der Waals surface area contributed by atoms with E-state index in [2.05, 4.69) is 5.32 Å². The van der Waals surface area contributed by atoms with E-state index in [1.54, 1.807) is 6.07 Å². The van der Waals surface area contributed by atoms with E-state index >= 15 is 0 Å². The highest BCUT2D eigenvalue weighted by atomic mass is 35.5. The monoisotopic (exact) mass is 347 g/mol. The molecule has 4 nitrogen and oxygen atoms in total. The lowest BCUT2D eigenvalue weighted by Gasteiger charge is -2.27. The molecule has 122 valence electrons. The molecule has 0 radical (unpaired) electrons. The molecule has 0 bridgehead atoms. The van der Waals surface area contributed by atoms with Crippen LogP contribution in [-0.4, -0.2) is 32.4 Å². The van der Waals surface area contributed by atoms with Gasteiger partial charge in [0.1, 0.15) is 5.82 Å². The number of benzene rings is 1. The second kappa shape index (κ2) is 6.16. The Hall–Kier alpha value is -1.14. The third kappa shape index (κ3) is 3.98. The molecule has 0 aromatic heterocycles. The first-order valence-electron chi connectivity index (χ1n) is 7.04. The van der Waals surface area contributed by atoms with Crippen molar-refractivity contribution >= 4 is 27.3 Å². The highest BCUT2D eigenvalue weighted by Crippen LogP contribution is 2.30. The van der Waals surface area contributed by atoms with E-state index in [1.165, 1.54) is 12.1 Å². The fourth-order valence-electron chi connectivity index (χ4n) is 2.59. The molecule has 1 aromatic carbocycles. The first kappa shape index (κ1) is 17.2. The molecule has 1 aliphatic heterocycles. The topological polar surface area (TPSA) is 63.2 Å². The molecule has 1 atom stereocenters. The average Bonchev–Trinajstić information content (AvgIpc) is 2.76. The van der Waals surface area contributed by atoms with Crippen LogP contribution in [-0.2, 0) is 20.0 Å². The third-order valence-corrected chi connectivity index (χ3v) is 6.05. The fraction of sp³-hybridized carbons (Fsp3) is 0.533. The van der Waals surface area contributed by atoms with Crippen LogP contribution in [0.2, 0.25) is 5.02 Å². The van der Waals surface area contributed by atoms with Crippen LogP contribution < -0.4 is 5.32 Å². The lowest BCUT2D eigenvalue weighted by molar-refractivity contribution is -0.124. The van der Waals surface area contributed by atoms with Crippen LogP contribution in [0.4, 0.5) is 4.39 Å². The predicted octanol–water partition coefficient (Wildman–Crippen LogP) is 2.31. The molecular formula is C15H19ClFNO3S. The smallest absolute Gasteiger partial charge is 0.224 e. The van der Waals surface area contributed by atoms with E-state index in [-0.39, 0.29) is 17.4 Å². The minimum Gasteiger partial charge on any atom is -0.355 e. The Balaban J connectivity index is 2.02. The van der Waals surface area contributed by atoms with Crippen LogP contribution in [0, 0.1) is 11.7 Å². The van der Waals surface area contributed by atoms with E-state index in [1.807, 2.05) is 13.8 Å². The van der Waals surface area contributed by atoms with Crippen molar-refractivity contribution in [2.45, 2.75) is 25.7 Å². The number of carbonyl (C=O) groups excluding carboxylic acids is 1. The average molecular weight is 348 g/mol. The molecule has 1 aromatic rings. The summed E-state index contributed by atoms with van der Waals surface area (Å²) in [6.45, 7) is 4.07. The summed E-state index contributed by atoms with van der Waals surface area (Å²) in [6.07, 6.45) is 0.367. The molecule has 1 saturated heterocycles. The number of halogens is 2. The molecule has 1 amide bonds. The molecular weight excluding hydrogens is 329 g/mol. The van der Waals surface area contributed by atoms with Gasteiger partial charge in [0.15, 0.2) is 9.84 Å². The van der Waals surface area contributed by atoms with Crippen LogP contribution in [0.5, 0.6) is 0 Å². The van der Waals surface area contributed by atoms with Crippen molar-refractivity contribution in [3.63, 3.8) is 0 Å². The number of sulfone groups is 1. The molecule has 1 unspecified atom stereocenters. The standard InChI is InChI=1S/C15H19ClFNO3S/c1-15(2,12-4-3-11(17)7-13(12)16)9-18-14(19)10-5-6-22(20,21)8-10/h3-4,7,10H,5-6,8-9H2,1-2H3,(H,18,19). The maximum absolute atomic E-state index is 13.1. The van der Waals surface area contributed by atoms with Gasteiger partial charge in [-0.15, -0.1) is 0 Å². The zero-order chi connectivity index (χ0) is 16.5. The van der Waals surface area contributed by atoms with Gasteiger partial charge in [0, 0.05) is 17.0 Å². The van der Waals surface area contributed by atoms with Crippen LogP contribution >= 0.6 is 11.6 Å². The summed E-state index contributed by atoms with van der Waals surface area (Å²) >= 11 is 6.06. The maximum Gasteiger partial charge on any atom is 0.224 e. The number of hydrogen-bond acceptors (Lipinski definition) is 3. The van der Waals surface area contributed by atoms with Gasteiger partial charge < -0.3 is 5.32 Å². The largest absolute Gasteiger partial charge is 0.355 e. The molecule has 0 spiro atoms. The summed E-state index contributed by atoms with van der Waals surface area (Å²) in [6, 6.07) is 4.17. The highest BCUT2D eigenvalue weighted by Gasteiger charge is 2.34. The Bertz CT molecular complexity index is 688. The molecule has 1 N–H and O–H groups in total. The lowest BCUT2D eigenvalue weighted by atomic mass is 9.84. The van der Waals surface area contributed by atoms with Gasteiger partial charge in [-0.3, -0.25) is 4.79 Å². The van der Waals surface area contributed by atoms with Gasteiger partial charge in [0.25, 0.3) is 0 Å². The number of carbonyl (C=O) groups is 1. The normalized spacial score (nSPS) is 20.8. The molecule has 0 saturated carbocycles. The fourth-order valence-corrected chi connectivity index (χ4v) is 4.75. The Morgan fingerprint density at radius 2 is 2.14 bits per heavy atom. The van der Waals surface area contributed by atoms with Crippen molar-refractivity contribution in [1.29, 1.82) is 0 Å². The molecule has 22 heavy (non-hydrogen) atoms.